The van der Waals surface area contributed by atoms with Crippen molar-refractivity contribution in [1.29, 1.82) is 0 Å². The molecule has 0 saturated carbocycles. The minimum Gasteiger partial charge on any atom is -0.456 e. The summed E-state index contributed by atoms with van der Waals surface area (Å²) in [5.74, 6) is -1.45. The van der Waals surface area contributed by atoms with Gasteiger partial charge >= 0.3 is 5.97 Å². The summed E-state index contributed by atoms with van der Waals surface area (Å²) in [6, 6.07) is 13.6. The van der Waals surface area contributed by atoms with Gasteiger partial charge in [0.15, 0.2) is 12.4 Å². The number of nitrogens with zero attached hydrogens (tertiary/aromatic N) is 1. The molecule has 2 amide bonds. The van der Waals surface area contributed by atoms with Crippen LogP contribution in [-0.2, 0) is 14.3 Å². The SMILES string of the molecule is C=C1c2ccccc2C(=O)N1CCC(=O)OCC(=O)Nc1cccc(C(C)=O)c1. The van der Waals surface area contributed by atoms with E-state index < -0.39 is 18.5 Å². The molecule has 2 aromatic rings. The lowest BCUT2D eigenvalue weighted by Gasteiger charge is -2.16. The monoisotopic (exact) mass is 392 g/mol. The Morgan fingerprint density at radius 3 is 2.48 bits per heavy atom. The molecule has 29 heavy (non-hydrogen) atoms. The van der Waals surface area contributed by atoms with Crippen LogP contribution in [0.4, 0.5) is 5.69 Å². The van der Waals surface area contributed by atoms with Crippen LogP contribution in [0.2, 0.25) is 0 Å². The average Bonchev–Trinajstić information content (AvgIpc) is 2.95. The van der Waals surface area contributed by atoms with Crippen LogP contribution in [0.5, 0.6) is 0 Å². The largest absolute Gasteiger partial charge is 0.456 e. The van der Waals surface area contributed by atoms with Crippen LogP contribution in [0, 0.1) is 0 Å². The second kappa shape index (κ2) is 8.52. The number of carbonyl (C=O) groups is 4. The van der Waals surface area contributed by atoms with Crippen LogP contribution >= 0.6 is 0 Å². The number of hydrogen-bond donors (Lipinski definition) is 1. The van der Waals surface area contributed by atoms with Crippen LogP contribution in [0.25, 0.3) is 5.70 Å². The lowest BCUT2D eigenvalue weighted by molar-refractivity contribution is -0.147. The van der Waals surface area contributed by atoms with Crippen LogP contribution in [-0.4, -0.2) is 41.6 Å². The van der Waals surface area contributed by atoms with Crippen LogP contribution < -0.4 is 5.32 Å². The second-order valence-corrected chi connectivity index (χ2v) is 6.54. The summed E-state index contributed by atoms with van der Waals surface area (Å²) in [6.07, 6.45) is -0.0636. The molecule has 0 saturated heterocycles. The third kappa shape index (κ3) is 4.57. The molecule has 1 heterocycles. The number of carbonyl (C=O) groups excluding carboxylic acids is 4. The van der Waals surface area contributed by atoms with Crippen molar-refractivity contribution in [1.82, 2.24) is 4.90 Å². The molecule has 1 aliphatic heterocycles. The zero-order chi connectivity index (χ0) is 21.0. The van der Waals surface area contributed by atoms with Crippen molar-refractivity contribution >= 4 is 35.0 Å². The van der Waals surface area contributed by atoms with Crippen LogP contribution in [0.15, 0.2) is 55.1 Å². The lowest BCUT2D eigenvalue weighted by atomic mass is 10.1. The van der Waals surface area contributed by atoms with E-state index in [1.165, 1.54) is 11.8 Å². The minimum atomic E-state index is -0.603. The molecule has 0 spiro atoms. The van der Waals surface area contributed by atoms with Gasteiger partial charge in [0, 0.05) is 34.6 Å². The van der Waals surface area contributed by atoms with Crippen molar-refractivity contribution in [2.45, 2.75) is 13.3 Å². The summed E-state index contributed by atoms with van der Waals surface area (Å²) in [6.45, 7) is 5.00. The fourth-order valence-corrected chi connectivity index (χ4v) is 3.01. The van der Waals surface area contributed by atoms with Crippen molar-refractivity contribution in [2.24, 2.45) is 0 Å². The highest BCUT2D eigenvalue weighted by atomic mass is 16.5. The summed E-state index contributed by atoms with van der Waals surface area (Å²) in [4.78, 5) is 49.1. The average molecular weight is 392 g/mol. The van der Waals surface area contributed by atoms with Gasteiger partial charge in [-0.05, 0) is 25.1 Å². The smallest absolute Gasteiger partial charge is 0.308 e. The Kier molecular flexibility index (Phi) is 5.87. The fourth-order valence-electron chi connectivity index (χ4n) is 3.01. The molecule has 0 atom stereocenters. The number of hydrogen-bond acceptors (Lipinski definition) is 5. The lowest BCUT2D eigenvalue weighted by Crippen LogP contribution is -2.27. The fraction of sp³-hybridized carbons (Fsp3) is 0.182. The van der Waals surface area contributed by atoms with Crippen molar-refractivity contribution in [3.8, 4) is 0 Å². The molecule has 1 aliphatic rings. The first-order valence-corrected chi connectivity index (χ1v) is 9.03. The molecule has 7 nitrogen and oxygen atoms in total. The third-order valence-corrected chi connectivity index (χ3v) is 4.50. The van der Waals surface area contributed by atoms with Gasteiger partial charge in [-0.2, -0.15) is 0 Å². The number of ether oxygens (including phenoxy) is 1. The molecule has 7 heteroatoms. The van der Waals surface area contributed by atoms with Gasteiger partial charge in [-0.3, -0.25) is 19.2 Å². The number of nitrogens with one attached hydrogen (secondary N) is 1. The Morgan fingerprint density at radius 2 is 1.79 bits per heavy atom. The topological polar surface area (TPSA) is 92.8 Å². The molecule has 0 radical (unpaired) electrons. The van der Waals surface area contributed by atoms with E-state index in [0.717, 1.165) is 5.56 Å². The number of anilines is 1. The molecule has 0 unspecified atom stereocenters. The maximum Gasteiger partial charge on any atom is 0.308 e. The molecule has 3 rings (SSSR count). The van der Waals surface area contributed by atoms with Crippen LogP contribution in [0.3, 0.4) is 0 Å². The van der Waals surface area contributed by atoms with Gasteiger partial charge in [-0.15, -0.1) is 0 Å². The molecule has 148 valence electrons. The maximum absolute atomic E-state index is 12.4. The van der Waals surface area contributed by atoms with Gasteiger partial charge in [0.05, 0.1) is 6.42 Å². The third-order valence-electron chi connectivity index (χ3n) is 4.50. The number of rotatable bonds is 7. The van der Waals surface area contributed by atoms with Crippen molar-refractivity contribution in [2.75, 3.05) is 18.5 Å². The van der Waals surface area contributed by atoms with E-state index in [9.17, 15) is 19.2 Å². The van der Waals surface area contributed by atoms with Crippen LogP contribution in [0.1, 0.15) is 39.6 Å². The second-order valence-electron chi connectivity index (χ2n) is 6.54. The molecular formula is C22H20N2O5. The Labute approximate surface area is 168 Å². The summed E-state index contributed by atoms with van der Waals surface area (Å²) in [7, 11) is 0. The number of benzene rings is 2. The standard InChI is InChI=1S/C22H20N2O5/c1-14-18-8-3-4-9-19(18)22(28)24(14)11-10-21(27)29-13-20(26)23-17-7-5-6-16(12-17)15(2)25/h3-9,12H,1,10-11,13H2,2H3,(H,23,26). The van der Waals surface area contributed by atoms with E-state index in [-0.39, 0.29) is 24.7 Å². The van der Waals surface area contributed by atoms with E-state index in [1.54, 1.807) is 42.5 Å². The van der Waals surface area contributed by atoms with E-state index in [2.05, 4.69) is 11.9 Å². The molecular weight excluding hydrogens is 372 g/mol. The van der Waals surface area contributed by atoms with Gasteiger partial charge in [-0.25, -0.2) is 0 Å². The maximum atomic E-state index is 12.4. The van der Waals surface area contributed by atoms with Crippen molar-refractivity contribution in [3.63, 3.8) is 0 Å². The molecule has 0 bridgehead atoms. The molecule has 0 aliphatic carbocycles. The van der Waals surface area contributed by atoms with Gasteiger partial charge in [0.1, 0.15) is 0 Å². The number of amides is 2. The number of fused-ring (bicyclic) bond motifs is 1. The van der Waals surface area contributed by atoms with Gasteiger partial charge in [0.2, 0.25) is 0 Å². The summed E-state index contributed by atoms with van der Waals surface area (Å²) >= 11 is 0. The van der Waals surface area contributed by atoms with E-state index in [1.807, 2.05) is 6.07 Å². The predicted octanol–water partition coefficient (Wildman–Crippen LogP) is 2.89. The summed E-state index contributed by atoms with van der Waals surface area (Å²) in [5.41, 5.74) is 2.75. The summed E-state index contributed by atoms with van der Waals surface area (Å²) < 4.78 is 4.98. The Hall–Kier alpha value is -3.74. The highest BCUT2D eigenvalue weighted by molar-refractivity contribution is 6.08. The minimum absolute atomic E-state index is 0.0636. The van der Waals surface area contributed by atoms with E-state index in [4.69, 9.17) is 4.74 Å². The number of esters is 1. The number of ketones is 1. The van der Waals surface area contributed by atoms with E-state index in [0.29, 0.717) is 22.5 Å². The normalized spacial score (nSPS) is 12.5. The first kappa shape index (κ1) is 20.0. The quantitative estimate of drug-likeness (QED) is 0.578. The first-order valence-electron chi connectivity index (χ1n) is 9.03. The molecule has 0 fully saturated rings. The van der Waals surface area contributed by atoms with Gasteiger partial charge < -0.3 is 15.0 Å². The molecule has 0 aromatic heterocycles. The van der Waals surface area contributed by atoms with Gasteiger partial charge in [0.25, 0.3) is 11.8 Å². The Balaban J connectivity index is 1.46. The number of Topliss-reactive ketones (excluding diaryl/α,β-unsaturated/α-hetero) is 1. The first-order chi connectivity index (χ1) is 13.9. The predicted molar refractivity (Wildman–Crippen MR) is 107 cm³/mol. The van der Waals surface area contributed by atoms with Crippen molar-refractivity contribution in [3.05, 3.63) is 71.8 Å². The van der Waals surface area contributed by atoms with Gasteiger partial charge in [-0.1, -0.05) is 36.9 Å². The zero-order valence-electron chi connectivity index (χ0n) is 15.9. The van der Waals surface area contributed by atoms with Crippen molar-refractivity contribution < 1.29 is 23.9 Å². The molecule has 2 aromatic carbocycles. The summed E-state index contributed by atoms with van der Waals surface area (Å²) in [5, 5.41) is 2.57. The van der Waals surface area contributed by atoms with E-state index >= 15 is 0 Å². The molecule has 1 N–H and O–H groups in total. The Bertz CT molecular complexity index is 977. The highest BCUT2D eigenvalue weighted by Gasteiger charge is 2.30. The zero-order valence-corrected chi connectivity index (χ0v) is 15.9. The highest BCUT2D eigenvalue weighted by Crippen LogP contribution is 2.31. The Morgan fingerprint density at radius 1 is 1.07 bits per heavy atom.